The first kappa shape index (κ1) is 21.5. The lowest BCUT2D eigenvalue weighted by Crippen LogP contribution is -2.45. The Labute approximate surface area is 190 Å². The van der Waals surface area contributed by atoms with E-state index in [4.69, 9.17) is 11.6 Å². The lowest BCUT2D eigenvalue weighted by Gasteiger charge is -2.31. The zero-order valence-electron chi connectivity index (χ0n) is 17.2. The molecule has 4 rings (SSSR count). The highest BCUT2D eigenvalue weighted by atomic mass is 35.5. The van der Waals surface area contributed by atoms with Crippen molar-refractivity contribution in [2.45, 2.75) is 26.3 Å². The summed E-state index contributed by atoms with van der Waals surface area (Å²) < 4.78 is 0. The van der Waals surface area contributed by atoms with Crippen LogP contribution < -0.4 is 5.32 Å². The van der Waals surface area contributed by atoms with Gasteiger partial charge in [-0.3, -0.25) is 14.6 Å². The number of amides is 2. The van der Waals surface area contributed by atoms with Gasteiger partial charge in [0.1, 0.15) is 9.88 Å². The highest BCUT2D eigenvalue weighted by Gasteiger charge is 2.30. The van der Waals surface area contributed by atoms with Crippen molar-refractivity contribution in [1.82, 2.24) is 20.2 Å². The Morgan fingerprint density at radius 2 is 2.06 bits per heavy atom. The SMILES string of the molecule is Cc1nc(-c2cccnc2)sc1C(=O)N1CCCC(C(=O)NCc2ccc(Cl)cc2)C1. The van der Waals surface area contributed by atoms with Crippen molar-refractivity contribution in [1.29, 1.82) is 0 Å². The van der Waals surface area contributed by atoms with Gasteiger partial charge in [0.2, 0.25) is 5.91 Å². The molecule has 160 valence electrons. The van der Waals surface area contributed by atoms with Crippen LogP contribution in [-0.2, 0) is 11.3 Å². The lowest BCUT2D eigenvalue weighted by molar-refractivity contribution is -0.126. The van der Waals surface area contributed by atoms with E-state index in [1.165, 1.54) is 11.3 Å². The summed E-state index contributed by atoms with van der Waals surface area (Å²) >= 11 is 7.29. The predicted octanol–water partition coefficient (Wildman–Crippen LogP) is 4.34. The number of carbonyl (C=O) groups excluding carboxylic acids is 2. The average molecular weight is 455 g/mol. The van der Waals surface area contributed by atoms with Gasteiger partial charge in [-0.2, -0.15) is 0 Å². The van der Waals surface area contributed by atoms with Crippen LogP contribution in [-0.4, -0.2) is 39.8 Å². The predicted molar refractivity (Wildman–Crippen MR) is 122 cm³/mol. The minimum atomic E-state index is -0.212. The van der Waals surface area contributed by atoms with E-state index < -0.39 is 0 Å². The highest BCUT2D eigenvalue weighted by Crippen LogP contribution is 2.29. The molecule has 1 unspecified atom stereocenters. The van der Waals surface area contributed by atoms with Crippen LogP contribution in [0, 0.1) is 12.8 Å². The molecular weight excluding hydrogens is 432 g/mol. The molecule has 1 saturated heterocycles. The van der Waals surface area contributed by atoms with Gasteiger partial charge in [0, 0.05) is 42.6 Å². The fraction of sp³-hybridized carbons (Fsp3) is 0.304. The fourth-order valence-corrected chi connectivity index (χ4v) is 4.81. The number of thiazole rings is 1. The number of rotatable bonds is 5. The van der Waals surface area contributed by atoms with Gasteiger partial charge in [0.25, 0.3) is 5.91 Å². The van der Waals surface area contributed by atoms with Crippen molar-refractivity contribution in [3.63, 3.8) is 0 Å². The molecule has 1 fully saturated rings. The third kappa shape index (κ3) is 5.11. The van der Waals surface area contributed by atoms with Gasteiger partial charge in [0.15, 0.2) is 0 Å². The summed E-state index contributed by atoms with van der Waals surface area (Å²) in [5.74, 6) is -0.291. The van der Waals surface area contributed by atoms with Crippen molar-refractivity contribution in [3.05, 3.63) is 69.9 Å². The molecule has 3 aromatic rings. The molecule has 2 aromatic heterocycles. The molecule has 3 heterocycles. The van der Waals surface area contributed by atoms with E-state index in [0.717, 1.165) is 29.0 Å². The van der Waals surface area contributed by atoms with Crippen LogP contribution in [0.15, 0.2) is 48.8 Å². The summed E-state index contributed by atoms with van der Waals surface area (Å²) in [6, 6.07) is 11.2. The van der Waals surface area contributed by atoms with Crippen LogP contribution in [0.2, 0.25) is 5.02 Å². The standard InChI is InChI=1S/C23H23ClN4O2S/c1-15-20(31-22(27-15)17-4-2-10-25-13-17)23(30)28-11-3-5-18(14-28)21(29)26-12-16-6-8-19(24)9-7-16/h2,4,6-10,13,18H,3,5,11-12,14H2,1H3,(H,26,29). The molecule has 1 aromatic carbocycles. The number of pyridine rings is 1. The number of likely N-dealkylation sites (tertiary alicyclic amines) is 1. The Morgan fingerprint density at radius 3 is 2.81 bits per heavy atom. The van der Waals surface area contributed by atoms with Gasteiger partial charge < -0.3 is 10.2 Å². The molecule has 8 heteroatoms. The molecule has 0 aliphatic carbocycles. The minimum absolute atomic E-state index is 0.0236. The van der Waals surface area contributed by atoms with E-state index in [2.05, 4.69) is 15.3 Å². The van der Waals surface area contributed by atoms with Crippen LogP contribution in [0.25, 0.3) is 10.6 Å². The summed E-state index contributed by atoms with van der Waals surface area (Å²) in [5.41, 5.74) is 2.60. The second-order valence-corrected chi connectivity index (χ2v) is 9.05. The maximum Gasteiger partial charge on any atom is 0.265 e. The summed E-state index contributed by atoms with van der Waals surface area (Å²) in [6.45, 7) is 3.37. The normalized spacial score (nSPS) is 16.2. The first-order valence-corrected chi connectivity index (χ1v) is 11.4. The topological polar surface area (TPSA) is 75.2 Å². The second-order valence-electron chi connectivity index (χ2n) is 7.61. The number of benzene rings is 1. The number of piperidine rings is 1. The summed E-state index contributed by atoms with van der Waals surface area (Å²) in [6.07, 6.45) is 5.04. The van der Waals surface area contributed by atoms with Crippen molar-refractivity contribution in [3.8, 4) is 10.6 Å². The number of aromatic nitrogens is 2. The number of aryl methyl sites for hydroxylation is 1. The maximum absolute atomic E-state index is 13.2. The van der Waals surface area contributed by atoms with E-state index in [1.54, 1.807) is 29.4 Å². The molecule has 31 heavy (non-hydrogen) atoms. The van der Waals surface area contributed by atoms with Gasteiger partial charge in [-0.25, -0.2) is 4.98 Å². The van der Waals surface area contributed by atoms with Crippen LogP contribution in [0.3, 0.4) is 0 Å². The van der Waals surface area contributed by atoms with E-state index >= 15 is 0 Å². The van der Waals surface area contributed by atoms with Crippen LogP contribution in [0.4, 0.5) is 0 Å². The summed E-state index contributed by atoms with van der Waals surface area (Å²) in [7, 11) is 0. The molecule has 0 radical (unpaired) electrons. The van der Waals surface area contributed by atoms with E-state index in [1.807, 2.05) is 31.2 Å². The monoisotopic (exact) mass is 454 g/mol. The molecule has 0 saturated carbocycles. The molecule has 6 nitrogen and oxygen atoms in total. The number of carbonyl (C=O) groups is 2. The quantitative estimate of drug-likeness (QED) is 0.622. The highest BCUT2D eigenvalue weighted by molar-refractivity contribution is 7.17. The van der Waals surface area contributed by atoms with Gasteiger partial charge in [-0.1, -0.05) is 23.7 Å². The van der Waals surface area contributed by atoms with E-state index in [9.17, 15) is 9.59 Å². The fourth-order valence-electron chi connectivity index (χ4n) is 3.66. The zero-order valence-corrected chi connectivity index (χ0v) is 18.7. The molecule has 1 aliphatic rings. The first-order chi connectivity index (χ1) is 15.0. The van der Waals surface area contributed by atoms with Crippen LogP contribution >= 0.6 is 22.9 Å². The summed E-state index contributed by atoms with van der Waals surface area (Å²) in [4.78, 5) is 37.0. The molecule has 0 bridgehead atoms. The number of nitrogens with one attached hydrogen (secondary N) is 1. The van der Waals surface area contributed by atoms with Gasteiger partial charge in [-0.15, -0.1) is 11.3 Å². The minimum Gasteiger partial charge on any atom is -0.352 e. The number of hydrogen-bond donors (Lipinski definition) is 1. The zero-order chi connectivity index (χ0) is 21.8. The Bertz CT molecular complexity index is 1070. The lowest BCUT2D eigenvalue weighted by atomic mass is 9.96. The Kier molecular flexibility index (Phi) is 6.63. The molecule has 1 aliphatic heterocycles. The Balaban J connectivity index is 1.40. The van der Waals surface area contributed by atoms with E-state index in [0.29, 0.717) is 35.2 Å². The van der Waals surface area contributed by atoms with Crippen molar-refractivity contribution < 1.29 is 9.59 Å². The van der Waals surface area contributed by atoms with E-state index in [-0.39, 0.29) is 17.7 Å². The van der Waals surface area contributed by atoms with Crippen molar-refractivity contribution in [2.24, 2.45) is 5.92 Å². The van der Waals surface area contributed by atoms with Gasteiger partial charge in [0.05, 0.1) is 11.6 Å². The molecular formula is C23H23ClN4O2S. The molecule has 0 spiro atoms. The molecule has 1 atom stereocenters. The average Bonchev–Trinajstić information content (AvgIpc) is 3.20. The largest absolute Gasteiger partial charge is 0.352 e. The van der Waals surface area contributed by atoms with Crippen molar-refractivity contribution >= 4 is 34.8 Å². The molecule has 1 N–H and O–H groups in total. The number of halogens is 1. The third-order valence-corrected chi connectivity index (χ3v) is 6.81. The maximum atomic E-state index is 13.2. The Morgan fingerprint density at radius 1 is 1.26 bits per heavy atom. The van der Waals surface area contributed by atoms with Crippen LogP contribution in [0.1, 0.15) is 33.8 Å². The van der Waals surface area contributed by atoms with Gasteiger partial charge in [-0.05, 0) is 49.6 Å². The van der Waals surface area contributed by atoms with Gasteiger partial charge >= 0.3 is 0 Å². The smallest absolute Gasteiger partial charge is 0.265 e. The first-order valence-electron chi connectivity index (χ1n) is 10.2. The third-order valence-electron chi connectivity index (χ3n) is 5.36. The Hall–Kier alpha value is -2.77. The van der Waals surface area contributed by atoms with Crippen LogP contribution in [0.5, 0.6) is 0 Å². The van der Waals surface area contributed by atoms with Crippen molar-refractivity contribution in [2.75, 3.05) is 13.1 Å². The number of nitrogens with zero attached hydrogens (tertiary/aromatic N) is 3. The molecule has 2 amide bonds. The summed E-state index contributed by atoms with van der Waals surface area (Å²) in [5, 5.41) is 4.44. The number of hydrogen-bond acceptors (Lipinski definition) is 5. The second kappa shape index (κ2) is 9.58.